The van der Waals surface area contributed by atoms with Gasteiger partial charge in [0.1, 0.15) is 0 Å². The van der Waals surface area contributed by atoms with Gasteiger partial charge in [-0.25, -0.2) is 4.79 Å². The van der Waals surface area contributed by atoms with Crippen LogP contribution in [0.1, 0.15) is 29.6 Å². The van der Waals surface area contributed by atoms with E-state index < -0.39 is 18.5 Å². The average molecular weight is 410 g/mol. The van der Waals surface area contributed by atoms with Crippen LogP contribution < -0.4 is 20.1 Å². The van der Waals surface area contributed by atoms with Crippen molar-refractivity contribution in [3.05, 3.63) is 48.0 Å². The predicted molar refractivity (Wildman–Crippen MR) is 109 cm³/mol. The lowest BCUT2D eigenvalue weighted by atomic mass is 10.2. The molecule has 0 radical (unpaired) electrons. The van der Waals surface area contributed by atoms with Crippen molar-refractivity contribution in [1.29, 1.82) is 0 Å². The second kappa shape index (κ2) is 8.86. The van der Waals surface area contributed by atoms with Gasteiger partial charge in [-0.1, -0.05) is 0 Å². The molecule has 1 fully saturated rings. The summed E-state index contributed by atoms with van der Waals surface area (Å²) < 4.78 is 16.2. The molecule has 1 saturated carbocycles. The molecule has 2 aliphatic rings. The smallest absolute Gasteiger partial charge is 0.338 e. The fraction of sp³-hybridized carbons (Fsp3) is 0.318. The molecule has 8 heteroatoms. The lowest BCUT2D eigenvalue weighted by molar-refractivity contribution is -0.119. The molecule has 0 unspecified atom stereocenters. The van der Waals surface area contributed by atoms with E-state index in [0.29, 0.717) is 41.7 Å². The first-order chi connectivity index (χ1) is 14.6. The van der Waals surface area contributed by atoms with Crippen molar-refractivity contribution < 1.29 is 28.6 Å². The van der Waals surface area contributed by atoms with Gasteiger partial charge >= 0.3 is 5.97 Å². The van der Waals surface area contributed by atoms with Crippen LogP contribution >= 0.6 is 0 Å². The maximum atomic E-state index is 12.2. The third-order valence-corrected chi connectivity index (χ3v) is 4.70. The molecular weight excluding hydrogens is 388 g/mol. The number of hydrogen-bond donors (Lipinski definition) is 2. The number of ether oxygens (including phenoxy) is 3. The Morgan fingerprint density at radius 3 is 2.33 bits per heavy atom. The van der Waals surface area contributed by atoms with Crippen LogP contribution in [0.15, 0.2) is 42.5 Å². The van der Waals surface area contributed by atoms with Gasteiger partial charge in [0.15, 0.2) is 18.1 Å². The molecule has 0 saturated heterocycles. The van der Waals surface area contributed by atoms with Crippen molar-refractivity contribution in [2.24, 2.45) is 5.92 Å². The van der Waals surface area contributed by atoms with E-state index in [-0.39, 0.29) is 11.8 Å². The zero-order valence-corrected chi connectivity index (χ0v) is 16.3. The topological polar surface area (TPSA) is 103 Å². The SMILES string of the molecule is O=C(COC(=O)c1ccc(NC(=O)C2CC2)cc1)Nc1ccc2c(c1)OCCCO2. The Hall–Kier alpha value is -3.55. The first-order valence-corrected chi connectivity index (χ1v) is 9.86. The van der Waals surface area contributed by atoms with E-state index in [9.17, 15) is 14.4 Å². The third kappa shape index (κ3) is 5.08. The Morgan fingerprint density at radius 1 is 0.900 bits per heavy atom. The Kier molecular flexibility index (Phi) is 5.83. The summed E-state index contributed by atoms with van der Waals surface area (Å²) in [6.07, 6.45) is 2.63. The summed E-state index contributed by atoms with van der Waals surface area (Å²) in [5, 5.41) is 5.47. The van der Waals surface area contributed by atoms with E-state index in [2.05, 4.69) is 10.6 Å². The van der Waals surface area contributed by atoms with Crippen molar-refractivity contribution >= 4 is 29.2 Å². The first-order valence-electron chi connectivity index (χ1n) is 9.86. The molecular formula is C22H22N2O6. The minimum Gasteiger partial charge on any atom is -0.490 e. The molecule has 4 rings (SSSR count). The van der Waals surface area contributed by atoms with Crippen molar-refractivity contribution in [1.82, 2.24) is 0 Å². The third-order valence-electron chi connectivity index (χ3n) is 4.70. The number of carbonyl (C=O) groups excluding carboxylic acids is 3. The molecule has 8 nitrogen and oxygen atoms in total. The normalized spacial score (nSPS) is 14.9. The lowest BCUT2D eigenvalue weighted by Crippen LogP contribution is -2.21. The highest BCUT2D eigenvalue weighted by atomic mass is 16.5. The van der Waals surface area contributed by atoms with Crippen molar-refractivity contribution in [2.45, 2.75) is 19.3 Å². The standard InChI is InChI=1S/C22H22N2O6/c25-20(23-17-8-9-18-19(12-17)29-11-1-10-28-18)13-30-22(27)15-4-6-16(7-5-15)24-21(26)14-2-3-14/h4-9,12,14H,1-3,10-11,13H2,(H,23,25)(H,24,26). The largest absolute Gasteiger partial charge is 0.490 e. The van der Waals surface area contributed by atoms with E-state index in [1.165, 1.54) is 0 Å². The molecule has 156 valence electrons. The maximum absolute atomic E-state index is 12.2. The Labute approximate surface area is 173 Å². The summed E-state index contributed by atoms with van der Waals surface area (Å²) in [5.74, 6) is 0.212. The molecule has 2 N–H and O–H groups in total. The molecule has 2 aromatic carbocycles. The van der Waals surface area contributed by atoms with Crippen LogP contribution in [-0.2, 0) is 14.3 Å². The van der Waals surface area contributed by atoms with Gasteiger partial charge in [0.05, 0.1) is 18.8 Å². The summed E-state index contributed by atoms with van der Waals surface area (Å²) in [5.41, 5.74) is 1.44. The number of fused-ring (bicyclic) bond motifs is 1. The molecule has 2 aromatic rings. The minimum absolute atomic E-state index is 0.00300. The van der Waals surface area contributed by atoms with Crippen LogP contribution in [0.3, 0.4) is 0 Å². The van der Waals surface area contributed by atoms with Gasteiger partial charge in [0.25, 0.3) is 5.91 Å². The predicted octanol–water partition coefficient (Wildman–Crippen LogP) is 2.99. The zero-order chi connectivity index (χ0) is 20.9. The van der Waals surface area contributed by atoms with Gasteiger partial charge in [0.2, 0.25) is 5.91 Å². The Balaban J connectivity index is 1.26. The number of amides is 2. The summed E-state index contributed by atoms with van der Waals surface area (Å²) in [4.78, 5) is 36.0. The van der Waals surface area contributed by atoms with E-state index >= 15 is 0 Å². The highest BCUT2D eigenvalue weighted by Crippen LogP contribution is 2.32. The highest BCUT2D eigenvalue weighted by Gasteiger charge is 2.29. The van der Waals surface area contributed by atoms with Crippen LogP contribution in [0.2, 0.25) is 0 Å². The Morgan fingerprint density at radius 2 is 1.60 bits per heavy atom. The molecule has 30 heavy (non-hydrogen) atoms. The van der Waals surface area contributed by atoms with Gasteiger partial charge in [0, 0.05) is 29.8 Å². The average Bonchev–Trinajstić information content (AvgIpc) is 3.60. The Bertz CT molecular complexity index is 953. The minimum atomic E-state index is -0.621. The van der Waals surface area contributed by atoms with Crippen LogP contribution in [0.4, 0.5) is 11.4 Å². The number of hydrogen-bond acceptors (Lipinski definition) is 6. The highest BCUT2D eigenvalue weighted by molar-refractivity contribution is 5.97. The van der Waals surface area contributed by atoms with Crippen LogP contribution in [0, 0.1) is 5.92 Å². The van der Waals surface area contributed by atoms with E-state index in [0.717, 1.165) is 19.3 Å². The van der Waals surface area contributed by atoms with E-state index in [1.807, 2.05) is 0 Å². The molecule has 0 spiro atoms. The molecule has 2 amide bonds. The van der Waals surface area contributed by atoms with Crippen molar-refractivity contribution in [3.63, 3.8) is 0 Å². The summed E-state index contributed by atoms with van der Waals surface area (Å²) in [6, 6.07) is 11.5. The second-order valence-electron chi connectivity index (χ2n) is 7.18. The van der Waals surface area contributed by atoms with Gasteiger partial charge in [-0.2, -0.15) is 0 Å². The van der Waals surface area contributed by atoms with E-state index in [4.69, 9.17) is 14.2 Å². The number of anilines is 2. The van der Waals surface area contributed by atoms with E-state index in [1.54, 1.807) is 42.5 Å². The van der Waals surface area contributed by atoms with Crippen molar-refractivity contribution in [2.75, 3.05) is 30.5 Å². The van der Waals surface area contributed by atoms with Gasteiger partial charge in [-0.05, 0) is 49.2 Å². The number of rotatable bonds is 6. The maximum Gasteiger partial charge on any atom is 0.338 e. The second-order valence-corrected chi connectivity index (χ2v) is 7.18. The quantitative estimate of drug-likeness (QED) is 0.710. The number of esters is 1. The molecule has 0 aromatic heterocycles. The van der Waals surface area contributed by atoms with Crippen LogP contribution in [-0.4, -0.2) is 37.6 Å². The van der Waals surface area contributed by atoms with Gasteiger partial charge in [-0.3, -0.25) is 9.59 Å². The van der Waals surface area contributed by atoms with Crippen molar-refractivity contribution in [3.8, 4) is 11.5 Å². The molecule has 1 aliphatic carbocycles. The number of nitrogens with one attached hydrogen (secondary N) is 2. The van der Waals surface area contributed by atoms with Crippen LogP contribution in [0.25, 0.3) is 0 Å². The van der Waals surface area contributed by atoms with Gasteiger partial charge < -0.3 is 24.8 Å². The monoisotopic (exact) mass is 410 g/mol. The fourth-order valence-corrected chi connectivity index (χ4v) is 2.93. The lowest BCUT2D eigenvalue weighted by Gasteiger charge is -2.11. The van der Waals surface area contributed by atoms with Crippen LogP contribution in [0.5, 0.6) is 11.5 Å². The number of benzene rings is 2. The number of carbonyl (C=O) groups is 3. The molecule has 1 aliphatic heterocycles. The van der Waals surface area contributed by atoms with Gasteiger partial charge in [-0.15, -0.1) is 0 Å². The molecule has 1 heterocycles. The molecule has 0 atom stereocenters. The first kappa shape index (κ1) is 19.8. The fourth-order valence-electron chi connectivity index (χ4n) is 2.93. The zero-order valence-electron chi connectivity index (χ0n) is 16.3. The summed E-state index contributed by atoms with van der Waals surface area (Å²) >= 11 is 0. The summed E-state index contributed by atoms with van der Waals surface area (Å²) in [6.45, 7) is 0.709. The summed E-state index contributed by atoms with van der Waals surface area (Å²) in [7, 11) is 0. The molecule has 0 bridgehead atoms.